The van der Waals surface area contributed by atoms with Crippen LogP contribution in [0.3, 0.4) is 0 Å². The fourth-order valence-corrected chi connectivity index (χ4v) is 4.35. The number of nitrogens with zero attached hydrogens (tertiary/aromatic N) is 2. The molecule has 2 heterocycles. The van der Waals surface area contributed by atoms with Crippen LogP contribution in [0.15, 0.2) is 54.1 Å². The largest absolute Gasteiger partial charge is 0.350 e. The van der Waals surface area contributed by atoms with Gasteiger partial charge in [-0.05, 0) is 49.9 Å². The second-order valence-electron chi connectivity index (χ2n) is 7.55. The standard InChI is InChI=1S/C22H26ClN3O3S/c1-16(12-14-30(2,28)29)25-22(27)17-10-11-21(24-15-17)26-13-6-5-9-20(26)18-7-3-4-8-19(18)23/h3-4,7-8,10-12,14-16,20H,5-6,9,13H2,1-2H3,(H,25,27)/b14-12+/t16-,20-/m1/s1. The van der Waals surface area contributed by atoms with Gasteiger partial charge in [-0.1, -0.05) is 35.9 Å². The second kappa shape index (κ2) is 9.62. The minimum atomic E-state index is -3.23. The highest BCUT2D eigenvalue weighted by atomic mass is 35.5. The number of benzene rings is 1. The van der Waals surface area contributed by atoms with Crippen molar-refractivity contribution >= 4 is 33.2 Å². The molecule has 30 heavy (non-hydrogen) atoms. The lowest BCUT2D eigenvalue weighted by atomic mass is 9.95. The van der Waals surface area contributed by atoms with Gasteiger partial charge in [0.15, 0.2) is 9.84 Å². The van der Waals surface area contributed by atoms with Gasteiger partial charge in [0.2, 0.25) is 0 Å². The average Bonchev–Trinajstić information content (AvgIpc) is 2.72. The molecule has 0 spiro atoms. The van der Waals surface area contributed by atoms with Crippen LogP contribution < -0.4 is 10.2 Å². The summed E-state index contributed by atoms with van der Waals surface area (Å²) >= 11 is 6.44. The highest BCUT2D eigenvalue weighted by Gasteiger charge is 2.26. The zero-order valence-corrected chi connectivity index (χ0v) is 18.7. The average molecular weight is 448 g/mol. The minimum Gasteiger partial charge on any atom is -0.350 e. The van der Waals surface area contributed by atoms with Crippen molar-refractivity contribution in [3.8, 4) is 0 Å². The van der Waals surface area contributed by atoms with Crippen LogP contribution >= 0.6 is 11.6 Å². The van der Waals surface area contributed by atoms with E-state index in [4.69, 9.17) is 11.6 Å². The quantitative estimate of drug-likeness (QED) is 0.719. The van der Waals surface area contributed by atoms with Gasteiger partial charge >= 0.3 is 0 Å². The molecule has 1 N–H and O–H groups in total. The Bertz CT molecular complexity index is 1020. The summed E-state index contributed by atoms with van der Waals surface area (Å²) in [6, 6.07) is 11.2. The minimum absolute atomic E-state index is 0.153. The van der Waals surface area contributed by atoms with Gasteiger partial charge in [-0.25, -0.2) is 13.4 Å². The Morgan fingerprint density at radius 3 is 2.70 bits per heavy atom. The van der Waals surface area contributed by atoms with E-state index < -0.39 is 15.9 Å². The molecular weight excluding hydrogens is 422 g/mol. The van der Waals surface area contributed by atoms with E-state index in [2.05, 4.69) is 21.3 Å². The molecule has 1 aliphatic rings. The molecule has 1 aromatic heterocycles. The number of nitrogens with one attached hydrogen (secondary N) is 1. The van der Waals surface area contributed by atoms with Crippen LogP contribution in [0.4, 0.5) is 5.82 Å². The number of pyridine rings is 1. The molecule has 1 fully saturated rings. The van der Waals surface area contributed by atoms with E-state index in [0.29, 0.717) is 5.56 Å². The Morgan fingerprint density at radius 1 is 1.27 bits per heavy atom. The maximum absolute atomic E-state index is 12.4. The SMILES string of the molecule is C[C@H](/C=C/S(C)(=O)=O)NC(=O)c1ccc(N2CCCC[C@@H]2c2ccccc2Cl)nc1. The summed E-state index contributed by atoms with van der Waals surface area (Å²) in [6.45, 7) is 2.59. The summed E-state index contributed by atoms with van der Waals surface area (Å²) in [5.41, 5.74) is 1.51. The topological polar surface area (TPSA) is 79.4 Å². The zero-order chi connectivity index (χ0) is 21.7. The molecule has 0 radical (unpaired) electrons. The Balaban J connectivity index is 1.73. The van der Waals surface area contributed by atoms with Gasteiger partial charge < -0.3 is 10.2 Å². The third-order valence-corrected chi connectivity index (χ3v) is 6.04. The number of carbonyl (C=O) groups excluding carboxylic acids is 1. The van der Waals surface area contributed by atoms with Gasteiger partial charge in [0.05, 0.1) is 11.6 Å². The molecule has 0 unspecified atom stereocenters. The van der Waals surface area contributed by atoms with Crippen molar-refractivity contribution < 1.29 is 13.2 Å². The number of hydrogen-bond acceptors (Lipinski definition) is 5. The van der Waals surface area contributed by atoms with Crippen LogP contribution in [0.2, 0.25) is 5.02 Å². The number of aromatic nitrogens is 1. The van der Waals surface area contributed by atoms with Gasteiger partial charge in [-0.2, -0.15) is 0 Å². The number of hydrogen-bond donors (Lipinski definition) is 1. The predicted molar refractivity (Wildman–Crippen MR) is 121 cm³/mol. The number of rotatable bonds is 6. The lowest BCUT2D eigenvalue weighted by Crippen LogP contribution is -2.34. The fourth-order valence-electron chi connectivity index (χ4n) is 3.56. The van der Waals surface area contributed by atoms with Gasteiger partial charge in [0.1, 0.15) is 5.82 Å². The molecule has 2 atom stereocenters. The number of anilines is 1. The van der Waals surface area contributed by atoms with Crippen molar-refractivity contribution in [2.45, 2.75) is 38.3 Å². The van der Waals surface area contributed by atoms with E-state index in [1.54, 1.807) is 19.2 Å². The van der Waals surface area contributed by atoms with Crippen molar-refractivity contribution in [3.63, 3.8) is 0 Å². The molecule has 160 valence electrons. The maximum atomic E-state index is 12.4. The molecule has 0 saturated carbocycles. The van der Waals surface area contributed by atoms with Crippen LogP contribution in [0.1, 0.15) is 48.1 Å². The number of sulfone groups is 1. The molecule has 1 amide bonds. The number of carbonyl (C=O) groups is 1. The summed E-state index contributed by atoms with van der Waals surface area (Å²) in [6.07, 6.45) is 7.31. The normalized spacial score (nSPS) is 18.4. The molecule has 0 aliphatic carbocycles. The number of halogens is 1. The van der Waals surface area contributed by atoms with Crippen molar-refractivity contribution in [2.75, 3.05) is 17.7 Å². The van der Waals surface area contributed by atoms with Crippen molar-refractivity contribution in [3.05, 3.63) is 70.2 Å². The predicted octanol–water partition coefficient (Wildman–Crippen LogP) is 4.14. The lowest BCUT2D eigenvalue weighted by Gasteiger charge is -2.37. The first-order valence-corrected chi connectivity index (χ1v) is 12.2. The Labute approximate surface area is 182 Å². The number of piperidine rings is 1. The Hall–Kier alpha value is -2.38. The Morgan fingerprint density at radius 2 is 2.03 bits per heavy atom. The van der Waals surface area contributed by atoms with E-state index in [0.717, 1.165) is 53.9 Å². The van der Waals surface area contributed by atoms with E-state index >= 15 is 0 Å². The van der Waals surface area contributed by atoms with Crippen LogP contribution in [0.5, 0.6) is 0 Å². The van der Waals surface area contributed by atoms with Gasteiger partial charge in [-0.15, -0.1) is 0 Å². The van der Waals surface area contributed by atoms with E-state index in [1.165, 1.54) is 6.08 Å². The third kappa shape index (κ3) is 5.83. The van der Waals surface area contributed by atoms with E-state index in [1.807, 2.05) is 24.3 Å². The lowest BCUT2D eigenvalue weighted by molar-refractivity contribution is 0.0946. The second-order valence-corrected chi connectivity index (χ2v) is 9.89. The molecule has 1 aliphatic heterocycles. The van der Waals surface area contributed by atoms with Crippen LogP contribution in [0.25, 0.3) is 0 Å². The summed E-state index contributed by atoms with van der Waals surface area (Å²) in [5, 5.41) is 4.59. The van der Waals surface area contributed by atoms with Crippen molar-refractivity contribution in [2.24, 2.45) is 0 Å². The van der Waals surface area contributed by atoms with Crippen molar-refractivity contribution in [1.82, 2.24) is 10.3 Å². The fraction of sp³-hybridized carbons (Fsp3) is 0.364. The first kappa shape index (κ1) is 22.3. The molecule has 8 heteroatoms. The van der Waals surface area contributed by atoms with Crippen LogP contribution in [0, 0.1) is 0 Å². The van der Waals surface area contributed by atoms with E-state index in [9.17, 15) is 13.2 Å². The molecule has 3 rings (SSSR count). The summed E-state index contributed by atoms with van der Waals surface area (Å²) in [4.78, 5) is 19.2. The van der Waals surface area contributed by atoms with Crippen LogP contribution in [-0.4, -0.2) is 38.2 Å². The molecule has 1 saturated heterocycles. The van der Waals surface area contributed by atoms with Crippen LogP contribution in [-0.2, 0) is 9.84 Å². The monoisotopic (exact) mass is 447 g/mol. The van der Waals surface area contributed by atoms with Crippen molar-refractivity contribution in [1.29, 1.82) is 0 Å². The third-order valence-electron chi connectivity index (χ3n) is 5.04. The Kier molecular flexibility index (Phi) is 7.15. The van der Waals surface area contributed by atoms with E-state index in [-0.39, 0.29) is 11.9 Å². The zero-order valence-electron chi connectivity index (χ0n) is 17.1. The summed E-state index contributed by atoms with van der Waals surface area (Å²) < 4.78 is 22.4. The molecule has 6 nitrogen and oxygen atoms in total. The first-order chi connectivity index (χ1) is 14.2. The van der Waals surface area contributed by atoms with Gasteiger partial charge in [-0.3, -0.25) is 4.79 Å². The molecule has 0 bridgehead atoms. The highest BCUT2D eigenvalue weighted by molar-refractivity contribution is 7.93. The summed E-state index contributed by atoms with van der Waals surface area (Å²) in [7, 11) is -3.23. The molecule has 2 aromatic rings. The summed E-state index contributed by atoms with van der Waals surface area (Å²) in [5.74, 6) is 0.502. The highest BCUT2D eigenvalue weighted by Crippen LogP contribution is 2.37. The first-order valence-electron chi connectivity index (χ1n) is 9.91. The van der Waals surface area contributed by atoms with Gasteiger partial charge in [0.25, 0.3) is 5.91 Å². The maximum Gasteiger partial charge on any atom is 0.253 e. The smallest absolute Gasteiger partial charge is 0.253 e. The number of amides is 1. The van der Waals surface area contributed by atoms with Gasteiger partial charge in [0, 0.05) is 35.5 Å². The molecule has 1 aromatic carbocycles. The molecular formula is C22H26ClN3O3S.